The molecule has 0 radical (unpaired) electrons. The number of carbonyl (C=O) groups excluding carboxylic acids is 1. The Morgan fingerprint density at radius 1 is 1.90 bits per heavy atom. The van der Waals surface area contributed by atoms with Gasteiger partial charge in [0.2, 0.25) is 5.91 Å². The summed E-state index contributed by atoms with van der Waals surface area (Å²) in [5.41, 5.74) is 5.25. The first-order chi connectivity index (χ1) is 4.66. The molecule has 0 spiro atoms. The standard InChI is InChI=1S/C6H11N3O/c1-5(10)9-3-2-6(8)4-7/h6H,2-3,8H2,1H3,(H,9,10). The molecule has 0 aliphatic rings. The Morgan fingerprint density at radius 3 is 2.90 bits per heavy atom. The van der Waals surface area contributed by atoms with Crippen LogP contribution in [0.1, 0.15) is 13.3 Å². The van der Waals surface area contributed by atoms with E-state index in [9.17, 15) is 4.79 Å². The van der Waals surface area contributed by atoms with Crippen LogP contribution in [0.3, 0.4) is 0 Å². The molecule has 0 aromatic heterocycles. The van der Waals surface area contributed by atoms with Gasteiger partial charge in [0.1, 0.15) is 0 Å². The van der Waals surface area contributed by atoms with Crippen LogP contribution in [0.5, 0.6) is 0 Å². The van der Waals surface area contributed by atoms with Crippen molar-refractivity contribution in [2.45, 2.75) is 19.4 Å². The van der Waals surface area contributed by atoms with Gasteiger partial charge in [-0.25, -0.2) is 0 Å². The molecule has 0 aromatic carbocycles. The smallest absolute Gasteiger partial charge is 0.216 e. The normalized spacial score (nSPS) is 11.7. The summed E-state index contributed by atoms with van der Waals surface area (Å²) in [4.78, 5) is 10.3. The van der Waals surface area contributed by atoms with Crippen molar-refractivity contribution in [2.75, 3.05) is 6.54 Å². The van der Waals surface area contributed by atoms with Crippen LogP contribution in [0.4, 0.5) is 0 Å². The zero-order valence-corrected chi connectivity index (χ0v) is 5.92. The molecule has 0 heterocycles. The fraction of sp³-hybridized carbons (Fsp3) is 0.667. The maximum Gasteiger partial charge on any atom is 0.216 e. The van der Waals surface area contributed by atoms with Gasteiger partial charge in [0.25, 0.3) is 0 Å². The predicted molar refractivity (Wildman–Crippen MR) is 36.9 cm³/mol. The molecule has 0 aliphatic heterocycles. The van der Waals surface area contributed by atoms with E-state index in [0.717, 1.165) is 0 Å². The van der Waals surface area contributed by atoms with Gasteiger partial charge in [-0.3, -0.25) is 4.79 Å². The average molecular weight is 141 g/mol. The first kappa shape index (κ1) is 8.92. The van der Waals surface area contributed by atoms with Crippen molar-refractivity contribution in [3.63, 3.8) is 0 Å². The highest BCUT2D eigenvalue weighted by atomic mass is 16.1. The number of nitrogens with zero attached hydrogens (tertiary/aromatic N) is 1. The maximum absolute atomic E-state index is 10.3. The summed E-state index contributed by atoms with van der Waals surface area (Å²) in [5.74, 6) is -0.0925. The lowest BCUT2D eigenvalue weighted by atomic mass is 10.2. The monoisotopic (exact) mass is 141 g/mol. The first-order valence-corrected chi connectivity index (χ1v) is 3.06. The van der Waals surface area contributed by atoms with Gasteiger partial charge < -0.3 is 11.1 Å². The molecular formula is C6H11N3O. The summed E-state index contributed by atoms with van der Waals surface area (Å²) in [6.07, 6.45) is 0.510. The Bertz CT molecular complexity index is 150. The molecule has 0 fully saturated rings. The van der Waals surface area contributed by atoms with Gasteiger partial charge in [0.05, 0.1) is 12.1 Å². The third-order valence-corrected chi connectivity index (χ3v) is 0.995. The average Bonchev–Trinajstić information content (AvgIpc) is 1.87. The van der Waals surface area contributed by atoms with Crippen molar-refractivity contribution in [3.8, 4) is 6.07 Å². The Hall–Kier alpha value is -1.08. The van der Waals surface area contributed by atoms with Crippen molar-refractivity contribution in [1.29, 1.82) is 5.26 Å². The molecule has 0 saturated heterocycles. The van der Waals surface area contributed by atoms with Gasteiger partial charge in [-0.1, -0.05) is 0 Å². The quantitative estimate of drug-likeness (QED) is 0.549. The van der Waals surface area contributed by atoms with Crippen LogP contribution in [0, 0.1) is 11.3 Å². The first-order valence-electron chi connectivity index (χ1n) is 3.06. The van der Waals surface area contributed by atoms with Gasteiger partial charge in [-0.15, -0.1) is 0 Å². The van der Waals surface area contributed by atoms with E-state index in [1.807, 2.05) is 6.07 Å². The van der Waals surface area contributed by atoms with Gasteiger partial charge in [0, 0.05) is 13.5 Å². The molecule has 0 aromatic rings. The molecule has 4 nitrogen and oxygen atoms in total. The number of hydrogen-bond acceptors (Lipinski definition) is 3. The topological polar surface area (TPSA) is 78.9 Å². The van der Waals surface area contributed by atoms with Crippen molar-refractivity contribution < 1.29 is 4.79 Å². The van der Waals surface area contributed by atoms with E-state index in [0.29, 0.717) is 13.0 Å². The fourth-order valence-corrected chi connectivity index (χ4v) is 0.468. The second kappa shape index (κ2) is 4.77. The number of nitrogens with two attached hydrogens (primary N) is 1. The lowest BCUT2D eigenvalue weighted by Crippen LogP contribution is -2.27. The van der Waals surface area contributed by atoms with Gasteiger partial charge >= 0.3 is 0 Å². The third-order valence-electron chi connectivity index (χ3n) is 0.995. The molecule has 0 saturated carbocycles. The SMILES string of the molecule is CC(=O)NCCC(N)C#N. The molecule has 4 heteroatoms. The summed E-state index contributed by atoms with van der Waals surface area (Å²) in [5, 5.41) is 10.8. The minimum Gasteiger partial charge on any atom is -0.356 e. The molecule has 0 aliphatic carbocycles. The second-order valence-electron chi connectivity index (χ2n) is 2.01. The van der Waals surface area contributed by atoms with Crippen molar-refractivity contribution in [1.82, 2.24) is 5.32 Å². The van der Waals surface area contributed by atoms with Crippen LogP contribution in [-0.4, -0.2) is 18.5 Å². The zero-order valence-electron chi connectivity index (χ0n) is 5.92. The maximum atomic E-state index is 10.3. The van der Waals surface area contributed by atoms with Gasteiger partial charge in [-0.05, 0) is 6.42 Å². The van der Waals surface area contributed by atoms with Crippen LogP contribution < -0.4 is 11.1 Å². The summed E-state index contributed by atoms with van der Waals surface area (Å²) < 4.78 is 0. The number of rotatable bonds is 3. The van der Waals surface area contributed by atoms with E-state index in [-0.39, 0.29) is 5.91 Å². The largest absolute Gasteiger partial charge is 0.356 e. The highest BCUT2D eigenvalue weighted by molar-refractivity contribution is 5.72. The summed E-state index contributed by atoms with van der Waals surface area (Å²) in [7, 11) is 0. The second-order valence-corrected chi connectivity index (χ2v) is 2.01. The fourth-order valence-electron chi connectivity index (χ4n) is 0.468. The van der Waals surface area contributed by atoms with Gasteiger partial charge in [0.15, 0.2) is 0 Å². The molecular weight excluding hydrogens is 130 g/mol. The van der Waals surface area contributed by atoms with Crippen LogP contribution in [0.15, 0.2) is 0 Å². The predicted octanol–water partition coefficient (Wildman–Crippen LogP) is -0.637. The van der Waals surface area contributed by atoms with E-state index < -0.39 is 6.04 Å². The van der Waals surface area contributed by atoms with Crippen LogP contribution >= 0.6 is 0 Å². The highest BCUT2D eigenvalue weighted by Crippen LogP contribution is 1.81. The number of amides is 1. The summed E-state index contributed by atoms with van der Waals surface area (Å²) in [6.45, 7) is 1.90. The Kier molecular flexibility index (Phi) is 4.25. The van der Waals surface area contributed by atoms with Crippen molar-refractivity contribution >= 4 is 5.91 Å². The Balaban J connectivity index is 3.22. The molecule has 0 rings (SSSR count). The van der Waals surface area contributed by atoms with E-state index in [2.05, 4.69) is 5.32 Å². The summed E-state index contributed by atoms with van der Waals surface area (Å²) >= 11 is 0. The zero-order chi connectivity index (χ0) is 7.98. The minimum atomic E-state index is -0.466. The number of carbonyl (C=O) groups is 1. The number of hydrogen-bond donors (Lipinski definition) is 2. The minimum absolute atomic E-state index is 0.0925. The number of nitriles is 1. The van der Waals surface area contributed by atoms with Crippen molar-refractivity contribution in [2.24, 2.45) is 5.73 Å². The van der Waals surface area contributed by atoms with Gasteiger partial charge in [-0.2, -0.15) is 5.26 Å². The molecule has 10 heavy (non-hydrogen) atoms. The van der Waals surface area contributed by atoms with E-state index >= 15 is 0 Å². The lowest BCUT2D eigenvalue weighted by molar-refractivity contribution is -0.118. The van der Waals surface area contributed by atoms with E-state index in [4.69, 9.17) is 11.0 Å². The highest BCUT2D eigenvalue weighted by Gasteiger charge is 1.98. The molecule has 56 valence electrons. The Morgan fingerprint density at radius 2 is 2.50 bits per heavy atom. The number of nitrogens with one attached hydrogen (secondary N) is 1. The third kappa shape index (κ3) is 5.06. The van der Waals surface area contributed by atoms with Crippen molar-refractivity contribution in [3.05, 3.63) is 0 Å². The van der Waals surface area contributed by atoms with Crippen LogP contribution in [0.25, 0.3) is 0 Å². The molecule has 3 N–H and O–H groups in total. The molecule has 0 bridgehead atoms. The molecule has 1 unspecified atom stereocenters. The Labute approximate surface area is 60.0 Å². The lowest BCUT2D eigenvalue weighted by Gasteiger charge is -2.01. The molecule has 1 atom stereocenters. The van der Waals surface area contributed by atoms with E-state index in [1.54, 1.807) is 0 Å². The molecule has 1 amide bonds. The van der Waals surface area contributed by atoms with E-state index in [1.165, 1.54) is 6.92 Å². The van der Waals surface area contributed by atoms with Crippen LogP contribution in [-0.2, 0) is 4.79 Å². The van der Waals surface area contributed by atoms with Crippen LogP contribution in [0.2, 0.25) is 0 Å². The summed E-state index contributed by atoms with van der Waals surface area (Å²) in [6, 6.07) is 1.40.